The lowest BCUT2D eigenvalue weighted by Gasteiger charge is -2.45. The summed E-state index contributed by atoms with van der Waals surface area (Å²) >= 11 is 0. The van der Waals surface area contributed by atoms with Gasteiger partial charge in [0.05, 0.1) is 11.6 Å². The molecule has 1 aliphatic rings. The summed E-state index contributed by atoms with van der Waals surface area (Å²) in [6.45, 7) is 5.03. The highest BCUT2D eigenvalue weighted by atomic mass is 19.1. The maximum atomic E-state index is 13.5. The fourth-order valence-electron chi connectivity index (χ4n) is 3.47. The van der Waals surface area contributed by atoms with Crippen molar-refractivity contribution in [2.45, 2.75) is 51.2 Å². The Bertz CT molecular complexity index is 427. The normalized spacial score (nSPS) is 28.3. The molecule has 2 rings (SSSR count). The van der Waals surface area contributed by atoms with Gasteiger partial charge in [0.2, 0.25) is 0 Å². The van der Waals surface area contributed by atoms with E-state index in [1.54, 1.807) is 12.1 Å². The Hall–Kier alpha value is -0.930. The van der Waals surface area contributed by atoms with Crippen molar-refractivity contribution in [2.75, 3.05) is 13.7 Å². The minimum Gasteiger partial charge on any atom is -0.373 e. The lowest BCUT2D eigenvalue weighted by molar-refractivity contribution is -0.0962. The maximum Gasteiger partial charge on any atom is 0.123 e. The molecule has 0 heterocycles. The number of halogens is 1. The second kappa shape index (κ2) is 6.68. The molecule has 1 N–H and O–H groups in total. The smallest absolute Gasteiger partial charge is 0.123 e. The van der Waals surface area contributed by atoms with Gasteiger partial charge in [0, 0.05) is 6.61 Å². The van der Waals surface area contributed by atoms with E-state index in [-0.39, 0.29) is 17.5 Å². The van der Waals surface area contributed by atoms with E-state index in [2.05, 4.69) is 12.2 Å². The Morgan fingerprint density at radius 2 is 2.10 bits per heavy atom. The number of likely N-dealkylation sites (N-methyl/N-ethyl adjacent to an activating group) is 1. The van der Waals surface area contributed by atoms with Crippen LogP contribution in [0.3, 0.4) is 0 Å². The molecule has 112 valence electrons. The standard InChI is InChI=1S/C17H26FNO/c1-4-20-17(10-8-13(2)9-11-17)16(19-3)14-6-5-7-15(18)12-14/h5-7,12-13,16,19H,4,8-11H2,1-3H3. The number of rotatable bonds is 5. The SMILES string of the molecule is CCOC1(C(NC)c2cccc(F)c2)CCC(C)CC1. The van der Waals surface area contributed by atoms with E-state index in [1.165, 1.54) is 18.9 Å². The van der Waals surface area contributed by atoms with Gasteiger partial charge in [-0.1, -0.05) is 19.1 Å². The van der Waals surface area contributed by atoms with Crippen LogP contribution in [0, 0.1) is 11.7 Å². The van der Waals surface area contributed by atoms with E-state index >= 15 is 0 Å². The third-order valence-electron chi connectivity index (χ3n) is 4.55. The van der Waals surface area contributed by atoms with Crippen LogP contribution in [0.4, 0.5) is 4.39 Å². The van der Waals surface area contributed by atoms with Crippen molar-refractivity contribution in [3.05, 3.63) is 35.6 Å². The van der Waals surface area contributed by atoms with E-state index in [4.69, 9.17) is 4.74 Å². The first-order valence-corrected chi connectivity index (χ1v) is 7.68. The average molecular weight is 279 g/mol. The first kappa shape index (κ1) is 15.5. The van der Waals surface area contributed by atoms with Crippen LogP contribution in [0.5, 0.6) is 0 Å². The minimum absolute atomic E-state index is 0.0469. The highest BCUT2D eigenvalue weighted by molar-refractivity contribution is 5.24. The Labute approximate surface area is 121 Å². The highest BCUT2D eigenvalue weighted by Gasteiger charge is 2.42. The molecule has 2 nitrogen and oxygen atoms in total. The lowest BCUT2D eigenvalue weighted by atomic mass is 9.73. The van der Waals surface area contributed by atoms with E-state index < -0.39 is 0 Å². The van der Waals surface area contributed by atoms with Gasteiger partial charge in [0.1, 0.15) is 5.82 Å². The summed E-state index contributed by atoms with van der Waals surface area (Å²) in [5.74, 6) is 0.576. The Kier molecular flexibility index (Phi) is 5.17. The summed E-state index contributed by atoms with van der Waals surface area (Å²) in [5.41, 5.74) is 0.777. The third-order valence-corrected chi connectivity index (χ3v) is 4.55. The molecule has 0 amide bonds. The molecule has 1 aromatic rings. The molecule has 1 saturated carbocycles. The van der Waals surface area contributed by atoms with Crippen LogP contribution in [-0.4, -0.2) is 19.3 Å². The van der Waals surface area contributed by atoms with Gasteiger partial charge in [-0.15, -0.1) is 0 Å². The van der Waals surface area contributed by atoms with E-state index in [1.807, 2.05) is 20.0 Å². The molecule has 1 aromatic carbocycles. The van der Waals surface area contributed by atoms with Gasteiger partial charge < -0.3 is 10.1 Å². The van der Waals surface area contributed by atoms with Crippen molar-refractivity contribution in [3.8, 4) is 0 Å². The summed E-state index contributed by atoms with van der Waals surface area (Å²) in [5, 5.41) is 3.36. The molecule has 3 heteroatoms. The number of benzene rings is 1. The second-order valence-electron chi connectivity index (χ2n) is 5.96. The molecule has 0 radical (unpaired) electrons. The monoisotopic (exact) mass is 279 g/mol. The molecular weight excluding hydrogens is 253 g/mol. The fourth-order valence-corrected chi connectivity index (χ4v) is 3.47. The van der Waals surface area contributed by atoms with Crippen LogP contribution < -0.4 is 5.32 Å². The molecule has 0 spiro atoms. The molecule has 20 heavy (non-hydrogen) atoms. The number of ether oxygens (including phenoxy) is 1. The van der Waals surface area contributed by atoms with Crippen LogP contribution in [-0.2, 0) is 4.74 Å². The largest absolute Gasteiger partial charge is 0.373 e. The lowest BCUT2D eigenvalue weighted by Crippen LogP contribution is -2.47. The maximum absolute atomic E-state index is 13.5. The number of hydrogen-bond acceptors (Lipinski definition) is 2. The zero-order chi connectivity index (χ0) is 14.6. The van der Waals surface area contributed by atoms with Crippen molar-refractivity contribution in [1.29, 1.82) is 0 Å². The summed E-state index contributed by atoms with van der Waals surface area (Å²) in [7, 11) is 1.94. The van der Waals surface area contributed by atoms with Crippen molar-refractivity contribution < 1.29 is 9.13 Å². The fraction of sp³-hybridized carbons (Fsp3) is 0.647. The molecule has 0 aromatic heterocycles. The Balaban J connectivity index is 2.30. The molecule has 1 atom stereocenters. The van der Waals surface area contributed by atoms with Crippen LogP contribution in [0.15, 0.2) is 24.3 Å². The van der Waals surface area contributed by atoms with Crippen molar-refractivity contribution >= 4 is 0 Å². The van der Waals surface area contributed by atoms with Gasteiger partial charge in [0.25, 0.3) is 0 Å². The van der Waals surface area contributed by atoms with E-state index in [0.29, 0.717) is 6.61 Å². The van der Waals surface area contributed by atoms with E-state index in [9.17, 15) is 4.39 Å². The van der Waals surface area contributed by atoms with E-state index in [0.717, 1.165) is 24.3 Å². The molecule has 0 aliphatic heterocycles. The molecule has 1 fully saturated rings. The highest BCUT2D eigenvalue weighted by Crippen LogP contribution is 2.43. The predicted molar refractivity (Wildman–Crippen MR) is 80.2 cm³/mol. The van der Waals surface area contributed by atoms with Gasteiger partial charge in [-0.2, -0.15) is 0 Å². The first-order chi connectivity index (χ1) is 9.61. The predicted octanol–water partition coefficient (Wildman–Crippen LogP) is 4.07. The zero-order valence-electron chi connectivity index (χ0n) is 12.8. The topological polar surface area (TPSA) is 21.3 Å². The molecule has 1 unspecified atom stereocenters. The minimum atomic E-state index is -0.205. The summed E-state index contributed by atoms with van der Waals surface area (Å²) in [6, 6.07) is 6.93. The first-order valence-electron chi connectivity index (χ1n) is 7.68. The third kappa shape index (κ3) is 3.21. The van der Waals surface area contributed by atoms with Crippen LogP contribution in [0.2, 0.25) is 0 Å². The van der Waals surface area contributed by atoms with Gasteiger partial charge in [0.15, 0.2) is 0 Å². The zero-order valence-corrected chi connectivity index (χ0v) is 12.8. The molecular formula is C17H26FNO. The average Bonchev–Trinajstić information content (AvgIpc) is 2.43. The summed E-state index contributed by atoms with van der Waals surface area (Å²) < 4.78 is 19.7. The second-order valence-corrected chi connectivity index (χ2v) is 5.96. The molecule has 1 aliphatic carbocycles. The van der Waals surface area contributed by atoms with Crippen LogP contribution in [0.1, 0.15) is 51.1 Å². The van der Waals surface area contributed by atoms with Gasteiger partial charge in [-0.3, -0.25) is 0 Å². The van der Waals surface area contributed by atoms with Crippen LogP contribution in [0.25, 0.3) is 0 Å². The van der Waals surface area contributed by atoms with Crippen molar-refractivity contribution in [3.63, 3.8) is 0 Å². The van der Waals surface area contributed by atoms with Crippen molar-refractivity contribution in [2.24, 2.45) is 5.92 Å². The van der Waals surface area contributed by atoms with Gasteiger partial charge >= 0.3 is 0 Å². The Morgan fingerprint density at radius 3 is 2.65 bits per heavy atom. The van der Waals surface area contributed by atoms with Gasteiger partial charge in [-0.05, 0) is 63.3 Å². The van der Waals surface area contributed by atoms with Gasteiger partial charge in [-0.25, -0.2) is 4.39 Å². The van der Waals surface area contributed by atoms with Crippen molar-refractivity contribution in [1.82, 2.24) is 5.32 Å². The number of nitrogens with one attached hydrogen (secondary N) is 1. The summed E-state index contributed by atoms with van der Waals surface area (Å²) in [6.07, 6.45) is 4.41. The molecule has 0 bridgehead atoms. The Morgan fingerprint density at radius 1 is 1.40 bits per heavy atom. The van der Waals surface area contributed by atoms with Crippen LogP contribution >= 0.6 is 0 Å². The number of hydrogen-bond donors (Lipinski definition) is 1. The quantitative estimate of drug-likeness (QED) is 0.877. The molecule has 0 saturated heterocycles. The summed E-state index contributed by atoms with van der Waals surface area (Å²) in [4.78, 5) is 0.